The molecule has 0 radical (unpaired) electrons. The Labute approximate surface area is 197 Å². The van der Waals surface area contributed by atoms with Crippen molar-refractivity contribution in [2.24, 2.45) is 0 Å². The maximum Gasteiger partial charge on any atom is 0.261 e. The normalized spacial score (nSPS) is 10.8. The molecule has 1 aromatic carbocycles. The van der Waals surface area contributed by atoms with Crippen LogP contribution < -0.4 is 15.6 Å². The number of aliphatic hydroxyl groups is 1. The molecule has 9 nitrogen and oxygen atoms in total. The Bertz CT molecular complexity index is 1320. The van der Waals surface area contributed by atoms with Gasteiger partial charge in [-0.2, -0.15) is 0 Å². The number of nitrogens with one attached hydrogen (secondary N) is 2. The summed E-state index contributed by atoms with van der Waals surface area (Å²) < 4.78 is 7.94. The first-order valence-corrected chi connectivity index (χ1v) is 11.3. The van der Waals surface area contributed by atoms with Gasteiger partial charge in [-0.05, 0) is 42.0 Å². The third-order valence-electron chi connectivity index (χ3n) is 4.66. The zero-order chi connectivity index (χ0) is 23.2. The van der Waals surface area contributed by atoms with Gasteiger partial charge in [-0.3, -0.25) is 9.59 Å². The number of benzene rings is 1. The van der Waals surface area contributed by atoms with Gasteiger partial charge in [0.1, 0.15) is 17.1 Å². The molecule has 3 aromatic heterocycles. The summed E-state index contributed by atoms with van der Waals surface area (Å²) in [5, 5.41) is 20.2. The number of nitrogens with zero attached hydrogens (tertiary/aromatic N) is 3. The summed E-state index contributed by atoms with van der Waals surface area (Å²) in [6, 6.07) is 12.1. The minimum Gasteiger partial charge on any atom is -0.491 e. The molecule has 1 amide bonds. The van der Waals surface area contributed by atoms with E-state index in [4.69, 9.17) is 21.4 Å². The average Bonchev–Trinajstić information content (AvgIpc) is 3.47. The lowest BCUT2D eigenvalue weighted by Gasteiger charge is -2.12. The Morgan fingerprint density at radius 2 is 2.15 bits per heavy atom. The Kier molecular flexibility index (Phi) is 7.18. The fourth-order valence-corrected chi connectivity index (χ4v) is 4.03. The first kappa shape index (κ1) is 22.7. The molecule has 4 aromatic rings. The molecule has 0 fully saturated rings. The highest BCUT2D eigenvalue weighted by atomic mass is 35.5. The maximum absolute atomic E-state index is 12.2. The Morgan fingerprint density at radius 1 is 1.27 bits per heavy atom. The molecule has 11 heteroatoms. The van der Waals surface area contributed by atoms with Crippen molar-refractivity contribution < 1.29 is 14.6 Å². The molecular formula is C22H20ClN5O4S. The summed E-state index contributed by atoms with van der Waals surface area (Å²) in [5.41, 5.74) is 2.14. The molecule has 0 atom stereocenters. The summed E-state index contributed by atoms with van der Waals surface area (Å²) in [6.07, 6.45) is 3.71. The van der Waals surface area contributed by atoms with E-state index in [1.54, 1.807) is 54.9 Å². The van der Waals surface area contributed by atoms with Crippen molar-refractivity contribution in [1.82, 2.24) is 25.3 Å². The van der Waals surface area contributed by atoms with Crippen molar-refractivity contribution in [2.45, 2.75) is 13.0 Å². The van der Waals surface area contributed by atoms with Gasteiger partial charge in [0.25, 0.3) is 11.5 Å². The lowest BCUT2D eigenvalue weighted by atomic mass is 10.1. The predicted octanol–water partition coefficient (Wildman–Crippen LogP) is 3.03. The number of hydrogen-bond acceptors (Lipinski definition) is 7. The number of H-pyrrole nitrogens is 1. The second-order valence-corrected chi connectivity index (χ2v) is 8.68. The van der Waals surface area contributed by atoms with Crippen molar-refractivity contribution in [2.75, 3.05) is 13.2 Å². The summed E-state index contributed by atoms with van der Waals surface area (Å²) in [4.78, 5) is 27.6. The van der Waals surface area contributed by atoms with E-state index < -0.39 is 0 Å². The van der Waals surface area contributed by atoms with Gasteiger partial charge < -0.3 is 20.1 Å². The summed E-state index contributed by atoms with van der Waals surface area (Å²) in [7, 11) is 0. The second-order valence-electron chi connectivity index (χ2n) is 6.96. The van der Waals surface area contributed by atoms with Crippen LogP contribution in [-0.2, 0) is 6.54 Å². The molecule has 0 aliphatic carbocycles. The topological polar surface area (TPSA) is 122 Å². The molecule has 0 saturated carbocycles. The number of ether oxygens (including phenoxy) is 1. The van der Waals surface area contributed by atoms with Crippen LogP contribution in [0.3, 0.4) is 0 Å². The van der Waals surface area contributed by atoms with Gasteiger partial charge >= 0.3 is 0 Å². The fourth-order valence-electron chi connectivity index (χ4n) is 3.07. The average molecular weight is 486 g/mol. The van der Waals surface area contributed by atoms with E-state index in [0.717, 1.165) is 0 Å². The molecule has 170 valence electrons. The largest absolute Gasteiger partial charge is 0.491 e. The summed E-state index contributed by atoms with van der Waals surface area (Å²) in [6.45, 7) is 0.474. The van der Waals surface area contributed by atoms with Gasteiger partial charge in [0.2, 0.25) is 0 Å². The summed E-state index contributed by atoms with van der Waals surface area (Å²) in [5.74, 6) is 0.241. The highest BCUT2D eigenvalue weighted by Gasteiger charge is 2.14. The molecule has 0 aliphatic rings. The number of hydrogen-bond donors (Lipinski definition) is 3. The molecule has 0 unspecified atom stereocenters. The van der Waals surface area contributed by atoms with Gasteiger partial charge in [0.15, 0.2) is 0 Å². The number of aliphatic hydroxyl groups excluding tert-OH is 1. The van der Waals surface area contributed by atoms with Crippen molar-refractivity contribution in [1.29, 1.82) is 0 Å². The first-order valence-electron chi connectivity index (χ1n) is 10.1. The molecule has 3 heterocycles. The number of amides is 1. The molecule has 0 saturated heterocycles. The smallest absolute Gasteiger partial charge is 0.261 e. The Balaban J connectivity index is 1.56. The quantitative estimate of drug-likeness (QED) is 0.313. The van der Waals surface area contributed by atoms with E-state index in [2.05, 4.69) is 20.6 Å². The van der Waals surface area contributed by atoms with Crippen molar-refractivity contribution in [3.05, 3.63) is 80.1 Å². The highest BCUT2D eigenvalue weighted by molar-refractivity contribution is 7.17. The highest BCUT2D eigenvalue weighted by Crippen LogP contribution is 2.28. The third kappa shape index (κ3) is 5.48. The SMILES string of the molecule is O=C(NCc1cn(-c2ccc(-c3ccc[nH]c3=O)cc2OCCCO)nn1)c1ccc(Cl)s1. The van der Waals surface area contributed by atoms with Crippen LogP contribution in [-0.4, -0.2) is 44.2 Å². The van der Waals surface area contributed by atoms with Gasteiger partial charge in [0.05, 0.1) is 28.6 Å². The Morgan fingerprint density at radius 3 is 2.91 bits per heavy atom. The predicted molar refractivity (Wildman–Crippen MR) is 125 cm³/mol. The van der Waals surface area contributed by atoms with Crippen LogP contribution in [0.1, 0.15) is 21.8 Å². The zero-order valence-corrected chi connectivity index (χ0v) is 18.9. The van der Waals surface area contributed by atoms with Crippen LogP contribution in [0.25, 0.3) is 16.8 Å². The van der Waals surface area contributed by atoms with Crippen LogP contribution in [0.2, 0.25) is 4.34 Å². The molecule has 3 N–H and O–H groups in total. The van der Waals surface area contributed by atoms with Gasteiger partial charge in [0, 0.05) is 24.8 Å². The van der Waals surface area contributed by atoms with E-state index >= 15 is 0 Å². The van der Waals surface area contributed by atoms with Gasteiger partial charge in [-0.25, -0.2) is 4.68 Å². The maximum atomic E-state index is 12.2. The standard InChI is InChI=1S/C22H20ClN5O4S/c23-20-7-6-19(33-20)22(31)25-12-15-13-28(27-26-15)17-5-4-14(11-18(17)32-10-2-9-29)16-3-1-8-24-21(16)30/h1,3-8,11,13,29H,2,9-10,12H2,(H,24,30)(H,25,31). The van der Waals surface area contributed by atoms with E-state index in [-0.39, 0.29) is 24.6 Å². The lowest BCUT2D eigenvalue weighted by molar-refractivity contribution is 0.0954. The number of rotatable bonds is 9. The molecule has 4 rings (SSSR count). The van der Waals surface area contributed by atoms with Crippen molar-refractivity contribution >= 4 is 28.8 Å². The lowest BCUT2D eigenvalue weighted by Crippen LogP contribution is -2.21. The third-order valence-corrected chi connectivity index (χ3v) is 5.89. The minimum atomic E-state index is -0.244. The first-order chi connectivity index (χ1) is 16.0. The van der Waals surface area contributed by atoms with E-state index in [0.29, 0.717) is 50.5 Å². The second kappa shape index (κ2) is 10.4. The van der Waals surface area contributed by atoms with E-state index in [1.807, 2.05) is 0 Å². The molecular weight excluding hydrogens is 466 g/mol. The van der Waals surface area contributed by atoms with Crippen molar-refractivity contribution in [3.63, 3.8) is 0 Å². The molecule has 33 heavy (non-hydrogen) atoms. The number of halogens is 1. The fraction of sp³-hybridized carbons (Fsp3) is 0.182. The van der Waals surface area contributed by atoms with Crippen LogP contribution in [0, 0.1) is 0 Å². The molecule has 0 bridgehead atoms. The van der Waals surface area contributed by atoms with Crippen LogP contribution >= 0.6 is 22.9 Å². The van der Waals surface area contributed by atoms with Crippen LogP contribution in [0.4, 0.5) is 0 Å². The molecule has 0 aliphatic heterocycles. The van der Waals surface area contributed by atoms with Crippen molar-refractivity contribution in [3.8, 4) is 22.6 Å². The van der Waals surface area contributed by atoms with Crippen LogP contribution in [0.5, 0.6) is 5.75 Å². The summed E-state index contributed by atoms with van der Waals surface area (Å²) >= 11 is 7.08. The van der Waals surface area contributed by atoms with E-state index in [1.165, 1.54) is 16.0 Å². The Hall–Kier alpha value is -3.47. The zero-order valence-electron chi connectivity index (χ0n) is 17.3. The number of aromatic amines is 1. The van der Waals surface area contributed by atoms with Gasteiger partial charge in [-0.15, -0.1) is 16.4 Å². The number of thiophene rings is 1. The molecule has 0 spiro atoms. The number of carbonyl (C=O) groups is 1. The minimum absolute atomic E-state index is 0.00397. The number of aromatic nitrogens is 4. The van der Waals surface area contributed by atoms with E-state index in [9.17, 15) is 9.59 Å². The monoisotopic (exact) mass is 485 g/mol. The van der Waals surface area contributed by atoms with Crippen LogP contribution in [0.15, 0.2) is 59.7 Å². The number of carbonyl (C=O) groups excluding carboxylic acids is 1. The van der Waals surface area contributed by atoms with Gasteiger partial charge in [-0.1, -0.05) is 22.9 Å². The number of pyridine rings is 1.